The predicted octanol–water partition coefficient (Wildman–Crippen LogP) is 2.34. The predicted molar refractivity (Wildman–Crippen MR) is 61.7 cm³/mol. The normalized spacial score (nSPS) is 25.7. The molecule has 1 saturated heterocycles. The molecule has 0 aromatic heterocycles. The summed E-state index contributed by atoms with van der Waals surface area (Å²) in [6, 6.07) is 11.6. The van der Waals surface area contributed by atoms with E-state index in [9.17, 15) is 0 Å². The van der Waals surface area contributed by atoms with Crippen LogP contribution in [-0.4, -0.2) is 18.7 Å². The number of hydrogen-bond donors (Lipinski definition) is 1. The highest BCUT2D eigenvalue weighted by Crippen LogP contribution is 2.12. The van der Waals surface area contributed by atoms with Crippen LogP contribution in [0, 0.1) is 0 Å². The minimum Gasteiger partial charge on any atom is -0.375 e. The van der Waals surface area contributed by atoms with Crippen LogP contribution in [-0.2, 0) is 11.3 Å². The van der Waals surface area contributed by atoms with E-state index in [1.165, 1.54) is 18.4 Å². The van der Waals surface area contributed by atoms with Crippen molar-refractivity contribution in [3.8, 4) is 0 Å². The van der Waals surface area contributed by atoms with Crippen molar-refractivity contribution in [3.05, 3.63) is 35.9 Å². The zero-order valence-corrected chi connectivity index (χ0v) is 9.28. The highest BCUT2D eigenvalue weighted by molar-refractivity contribution is 5.13. The van der Waals surface area contributed by atoms with E-state index in [1.807, 2.05) is 6.07 Å². The van der Waals surface area contributed by atoms with Crippen molar-refractivity contribution in [2.75, 3.05) is 6.61 Å². The van der Waals surface area contributed by atoms with E-state index in [0.717, 1.165) is 13.2 Å². The van der Waals surface area contributed by atoms with Crippen LogP contribution in [0.3, 0.4) is 0 Å². The van der Waals surface area contributed by atoms with Gasteiger partial charge in [0.15, 0.2) is 0 Å². The van der Waals surface area contributed by atoms with E-state index >= 15 is 0 Å². The third-order valence-corrected chi connectivity index (χ3v) is 2.90. The summed E-state index contributed by atoms with van der Waals surface area (Å²) >= 11 is 0. The average molecular weight is 205 g/mol. The summed E-state index contributed by atoms with van der Waals surface area (Å²) < 4.78 is 5.69. The Hall–Kier alpha value is -0.860. The number of hydrogen-bond acceptors (Lipinski definition) is 2. The molecule has 1 fully saturated rings. The largest absolute Gasteiger partial charge is 0.375 e. The minimum atomic E-state index is 0.559. The summed E-state index contributed by atoms with van der Waals surface area (Å²) in [5, 5.41) is 3.52. The van der Waals surface area contributed by atoms with Crippen molar-refractivity contribution in [1.29, 1.82) is 0 Å². The van der Waals surface area contributed by atoms with Gasteiger partial charge in [0, 0.05) is 12.1 Å². The topological polar surface area (TPSA) is 21.3 Å². The Kier molecular flexibility index (Phi) is 3.75. The second-order valence-electron chi connectivity index (χ2n) is 4.34. The van der Waals surface area contributed by atoms with E-state index in [0.29, 0.717) is 12.1 Å². The quantitative estimate of drug-likeness (QED) is 0.814. The number of ether oxygens (including phenoxy) is 1. The first-order valence-electron chi connectivity index (χ1n) is 5.72. The lowest BCUT2D eigenvalue weighted by molar-refractivity contribution is 0.102. The van der Waals surface area contributed by atoms with Gasteiger partial charge in [0.2, 0.25) is 0 Å². The third kappa shape index (κ3) is 3.33. The number of benzene rings is 1. The maximum atomic E-state index is 5.69. The molecule has 1 aromatic carbocycles. The molecule has 1 aromatic rings. The Morgan fingerprint density at radius 1 is 1.27 bits per heavy atom. The molecule has 2 rings (SSSR count). The fourth-order valence-corrected chi connectivity index (χ4v) is 2.04. The van der Waals surface area contributed by atoms with Gasteiger partial charge in [-0.25, -0.2) is 0 Å². The summed E-state index contributed by atoms with van der Waals surface area (Å²) in [4.78, 5) is 0. The highest BCUT2D eigenvalue weighted by Gasteiger charge is 2.19. The molecule has 1 heterocycles. The van der Waals surface area contributed by atoms with Crippen LogP contribution in [0.2, 0.25) is 0 Å². The van der Waals surface area contributed by atoms with Crippen LogP contribution in [0.4, 0.5) is 0 Å². The van der Waals surface area contributed by atoms with Crippen LogP contribution >= 0.6 is 0 Å². The molecule has 15 heavy (non-hydrogen) atoms. The van der Waals surface area contributed by atoms with Gasteiger partial charge >= 0.3 is 0 Å². The van der Waals surface area contributed by atoms with Crippen LogP contribution in [0.25, 0.3) is 0 Å². The van der Waals surface area contributed by atoms with Crippen molar-refractivity contribution in [3.63, 3.8) is 0 Å². The average Bonchev–Trinajstić information content (AvgIpc) is 2.66. The molecule has 1 aliphatic heterocycles. The Bertz CT molecular complexity index is 286. The molecule has 1 N–H and O–H groups in total. The molecule has 0 amide bonds. The molecule has 2 heteroatoms. The second kappa shape index (κ2) is 5.29. The highest BCUT2D eigenvalue weighted by atomic mass is 16.5. The first kappa shape index (κ1) is 10.7. The molecule has 0 radical (unpaired) electrons. The first-order valence-corrected chi connectivity index (χ1v) is 5.72. The SMILES string of the molecule is C[C@@H]1CC[C@H](COCc2ccccc2)N1. The molecule has 0 unspecified atom stereocenters. The fraction of sp³-hybridized carbons (Fsp3) is 0.538. The van der Waals surface area contributed by atoms with Gasteiger partial charge in [0.05, 0.1) is 13.2 Å². The van der Waals surface area contributed by atoms with Crippen molar-refractivity contribution in [2.24, 2.45) is 0 Å². The molecule has 0 bridgehead atoms. The van der Waals surface area contributed by atoms with E-state index in [4.69, 9.17) is 4.74 Å². The lowest BCUT2D eigenvalue weighted by atomic mass is 10.2. The molecule has 0 aliphatic carbocycles. The maximum absolute atomic E-state index is 5.69. The summed E-state index contributed by atoms with van der Waals surface area (Å²) in [5.41, 5.74) is 1.25. The molecule has 0 spiro atoms. The number of nitrogens with one attached hydrogen (secondary N) is 1. The van der Waals surface area contributed by atoms with E-state index in [2.05, 4.69) is 36.5 Å². The Labute approximate surface area is 91.6 Å². The smallest absolute Gasteiger partial charge is 0.0717 e. The molecular formula is C13H19NO. The minimum absolute atomic E-state index is 0.559. The van der Waals surface area contributed by atoms with Gasteiger partial charge in [-0.05, 0) is 25.3 Å². The van der Waals surface area contributed by atoms with Crippen molar-refractivity contribution < 1.29 is 4.74 Å². The zero-order chi connectivity index (χ0) is 10.5. The van der Waals surface area contributed by atoms with Crippen molar-refractivity contribution >= 4 is 0 Å². The van der Waals surface area contributed by atoms with Gasteiger partial charge < -0.3 is 10.1 Å². The lowest BCUT2D eigenvalue weighted by Gasteiger charge is -2.12. The summed E-state index contributed by atoms with van der Waals surface area (Å²) in [6.07, 6.45) is 2.52. The van der Waals surface area contributed by atoms with Crippen LogP contribution in [0.5, 0.6) is 0 Å². The van der Waals surface area contributed by atoms with Crippen molar-refractivity contribution in [2.45, 2.75) is 38.5 Å². The van der Waals surface area contributed by atoms with Crippen molar-refractivity contribution in [1.82, 2.24) is 5.32 Å². The monoisotopic (exact) mass is 205 g/mol. The Morgan fingerprint density at radius 2 is 2.07 bits per heavy atom. The summed E-state index contributed by atoms with van der Waals surface area (Å²) in [5.74, 6) is 0. The van der Waals surface area contributed by atoms with E-state index in [1.54, 1.807) is 0 Å². The Morgan fingerprint density at radius 3 is 2.73 bits per heavy atom. The second-order valence-corrected chi connectivity index (χ2v) is 4.34. The lowest BCUT2D eigenvalue weighted by Crippen LogP contribution is -2.30. The van der Waals surface area contributed by atoms with E-state index in [-0.39, 0.29) is 0 Å². The molecule has 2 atom stereocenters. The summed E-state index contributed by atoms with van der Waals surface area (Å²) in [6.45, 7) is 3.80. The zero-order valence-electron chi connectivity index (χ0n) is 9.28. The van der Waals surface area contributed by atoms with Gasteiger partial charge in [0.25, 0.3) is 0 Å². The molecule has 0 saturated carbocycles. The van der Waals surface area contributed by atoms with Gasteiger partial charge in [0.1, 0.15) is 0 Å². The maximum Gasteiger partial charge on any atom is 0.0717 e. The van der Waals surface area contributed by atoms with Gasteiger partial charge in [-0.1, -0.05) is 30.3 Å². The molecular weight excluding hydrogens is 186 g/mol. The van der Waals surface area contributed by atoms with E-state index < -0.39 is 0 Å². The first-order chi connectivity index (χ1) is 7.34. The molecule has 2 nitrogen and oxygen atoms in total. The number of rotatable bonds is 4. The molecule has 82 valence electrons. The van der Waals surface area contributed by atoms with Gasteiger partial charge in [-0.2, -0.15) is 0 Å². The third-order valence-electron chi connectivity index (χ3n) is 2.90. The summed E-state index contributed by atoms with van der Waals surface area (Å²) in [7, 11) is 0. The molecule has 1 aliphatic rings. The van der Waals surface area contributed by atoms with Crippen LogP contribution in [0.15, 0.2) is 30.3 Å². The standard InChI is InChI=1S/C13H19NO/c1-11-7-8-13(14-11)10-15-9-12-5-3-2-4-6-12/h2-6,11,13-14H,7-10H2,1H3/t11-,13-/m1/s1. The van der Waals surface area contributed by atoms with Crippen LogP contribution < -0.4 is 5.32 Å². The van der Waals surface area contributed by atoms with Crippen LogP contribution in [0.1, 0.15) is 25.3 Å². The Balaban J connectivity index is 1.67. The van der Waals surface area contributed by atoms with Gasteiger partial charge in [-0.15, -0.1) is 0 Å². The fourth-order valence-electron chi connectivity index (χ4n) is 2.04. The van der Waals surface area contributed by atoms with Gasteiger partial charge in [-0.3, -0.25) is 0 Å².